The number of nitrogens with zero attached hydrogens (tertiary/aromatic N) is 2. The predicted molar refractivity (Wildman–Crippen MR) is 63.9 cm³/mol. The fraction of sp³-hybridized carbons (Fsp3) is 0.500. The van der Waals surface area contributed by atoms with Crippen molar-refractivity contribution >= 4 is 11.6 Å². The van der Waals surface area contributed by atoms with Crippen molar-refractivity contribution in [3.8, 4) is 0 Å². The van der Waals surface area contributed by atoms with Crippen LogP contribution in [0.2, 0.25) is 0 Å². The van der Waals surface area contributed by atoms with Crippen LogP contribution in [0.1, 0.15) is 24.2 Å². The first-order chi connectivity index (χ1) is 7.66. The average molecular weight is 219 g/mol. The molecular formula is C12H17N3O. The molecule has 1 fully saturated rings. The first-order valence-corrected chi connectivity index (χ1v) is 5.62. The second-order valence-corrected chi connectivity index (χ2v) is 4.26. The van der Waals surface area contributed by atoms with Crippen molar-refractivity contribution in [3.63, 3.8) is 0 Å². The first kappa shape index (κ1) is 11.1. The summed E-state index contributed by atoms with van der Waals surface area (Å²) in [5, 5.41) is 3.39. The van der Waals surface area contributed by atoms with Gasteiger partial charge in [-0.05, 0) is 26.0 Å². The number of carbonyl (C=O) groups excluding carboxylic acids is 1. The fourth-order valence-electron chi connectivity index (χ4n) is 1.92. The molecule has 1 atom stereocenters. The minimum absolute atomic E-state index is 0.0627. The van der Waals surface area contributed by atoms with Gasteiger partial charge in [0.05, 0.1) is 0 Å². The van der Waals surface area contributed by atoms with Crippen LogP contribution in [0.5, 0.6) is 0 Å². The summed E-state index contributed by atoms with van der Waals surface area (Å²) in [4.78, 5) is 17.7. The number of rotatable bonds is 2. The Morgan fingerprint density at radius 2 is 2.38 bits per heavy atom. The number of pyridine rings is 1. The first-order valence-electron chi connectivity index (χ1n) is 5.62. The highest BCUT2D eigenvalue weighted by Gasteiger charge is 2.16. The fourth-order valence-corrected chi connectivity index (χ4v) is 1.92. The van der Waals surface area contributed by atoms with Gasteiger partial charge in [0.15, 0.2) is 5.78 Å². The van der Waals surface area contributed by atoms with E-state index in [1.165, 1.54) is 0 Å². The molecule has 1 unspecified atom stereocenters. The van der Waals surface area contributed by atoms with Crippen molar-refractivity contribution in [2.24, 2.45) is 0 Å². The van der Waals surface area contributed by atoms with Gasteiger partial charge in [-0.25, -0.2) is 4.98 Å². The maximum Gasteiger partial charge on any atom is 0.161 e. The van der Waals surface area contributed by atoms with Crippen LogP contribution in [0, 0.1) is 0 Å². The van der Waals surface area contributed by atoms with Crippen LogP contribution in [-0.2, 0) is 0 Å². The number of nitrogens with one attached hydrogen (secondary N) is 1. The summed E-state index contributed by atoms with van der Waals surface area (Å²) in [6, 6.07) is 4.26. The van der Waals surface area contributed by atoms with Crippen LogP contribution in [0.15, 0.2) is 18.3 Å². The summed E-state index contributed by atoms with van der Waals surface area (Å²) in [5.41, 5.74) is 0.673. The number of ketones is 1. The van der Waals surface area contributed by atoms with Gasteiger partial charge in [-0.2, -0.15) is 0 Å². The molecule has 4 nitrogen and oxygen atoms in total. The largest absolute Gasteiger partial charge is 0.354 e. The smallest absolute Gasteiger partial charge is 0.161 e. The van der Waals surface area contributed by atoms with Crippen LogP contribution in [0.4, 0.5) is 5.82 Å². The van der Waals surface area contributed by atoms with E-state index in [4.69, 9.17) is 0 Å². The van der Waals surface area contributed by atoms with E-state index in [0.29, 0.717) is 11.6 Å². The number of aromatic nitrogens is 1. The van der Waals surface area contributed by atoms with Crippen LogP contribution in [0.3, 0.4) is 0 Å². The summed E-state index contributed by atoms with van der Waals surface area (Å²) in [6.07, 6.45) is 1.66. The lowest BCUT2D eigenvalue weighted by Gasteiger charge is -2.32. The van der Waals surface area contributed by atoms with E-state index in [9.17, 15) is 4.79 Å². The lowest BCUT2D eigenvalue weighted by molar-refractivity contribution is 0.101. The Balaban J connectivity index is 2.11. The van der Waals surface area contributed by atoms with Gasteiger partial charge in [-0.3, -0.25) is 4.79 Å². The van der Waals surface area contributed by atoms with E-state index in [0.717, 1.165) is 25.5 Å². The number of piperazine rings is 1. The monoisotopic (exact) mass is 219 g/mol. The van der Waals surface area contributed by atoms with Crippen molar-refractivity contribution in [2.45, 2.75) is 19.9 Å². The van der Waals surface area contributed by atoms with Crippen molar-refractivity contribution in [1.82, 2.24) is 10.3 Å². The average Bonchev–Trinajstić information content (AvgIpc) is 2.29. The van der Waals surface area contributed by atoms with Crippen molar-refractivity contribution in [3.05, 3.63) is 23.9 Å². The van der Waals surface area contributed by atoms with Gasteiger partial charge in [0.2, 0.25) is 0 Å². The third-order valence-corrected chi connectivity index (χ3v) is 2.85. The molecule has 1 aliphatic heterocycles. The molecule has 0 aliphatic carbocycles. The van der Waals surface area contributed by atoms with Gasteiger partial charge in [-0.1, -0.05) is 0 Å². The minimum Gasteiger partial charge on any atom is -0.354 e. The molecule has 0 spiro atoms. The molecule has 2 rings (SSSR count). The number of hydrogen-bond donors (Lipinski definition) is 1. The molecule has 1 aliphatic rings. The zero-order chi connectivity index (χ0) is 11.5. The Morgan fingerprint density at radius 1 is 1.56 bits per heavy atom. The van der Waals surface area contributed by atoms with E-state index < -0.39 is 0 Å². The number of anilines is 1. The Morgan fingerprint density at radius 3 is 2.94 bits per heavy atom. The second kappa shape index (κ2) is 4.61. The zero-order valence-electron chi connectivity index (χ0n) is 9.73. The highest BCUT2D eigenvalue weighted by Crippen LogP contribution is 2.13. The lowest BCUT2D eigenvalue weighted by Crippen LogP contribution is -2.49. The van der Waals surface area contributed by atoms with Crippen LogP contribution in [0.25, 0.3) is 0 Å². The molecule has 1 N–H and O–H groups in total. The van der Waals surface area contributed by atoms with Crippen LogP contribution < -0.4 is 10.2 Å². The van der Waals surface area contributed by atoms with Gasteiger partial charge >= 0.3 is 0 Å². The lowest BCUT2D eigenvalue weighted by atomic mass is 10.2. The third kappa shape index (κ3) is 2.39. The molecule has 2 heterocycles. The predicted octanol–water partition coefficient (Wildman–Crippen LogP) is 1.08. The number of hydrogen-bond acceptors (Lipinski definition) is 4. The summed E-state index contributed by atoms with van der Waals surface area (Å²) >= 11 is 0. The quantitative estimate of drug-likeness (QED) is 0.756. The normalized spacial score (nSPS) is 20.9. The van der Waals surface area contributed by atoms with Gasteiger partial charge in [0.25, 0.3) is 0 Å². The molecule has 0 bridgehead atoms. The Kier molecular flexibility index (Phi) is 3.19. The Hall–Kier alpha value is -1.42. The molecule has 0 radical (unpaired) electrons. The SMILES string of the molecule is CC(=O)c1ccc(N2CCNC(C)C2)nc1. The van der Waals surface area contributed by atoms with Crippen LogP contribution >= 0.6 is 0 Å². The maximum atomic E-state index is 11.1. The van der Waals surface area contributed by atoms with Gasteiger partial charge in [0.1, 0.15) is 5.82 Å². The molecular weight excluding hydrogens is 202 g/mol. The summed E-state index contributed by atoms with van der Waals surface area (Å²) in [5.74, 6) is 1.02. The van der Waals surface area contributed by atoms with Crippen molar-refractivity contribution in [1.29, 1.82) is 0 Å². The summed E-state index contributed by atoms with van der Waals surface area (Å²) in [6.45, 7) is 6.64. The highest BCUT2D eigenvalue weighted by atomic mass is 16.1. The topological polar surface area (TPSA) is 45.2 Å². The maximum absolute atomic E-state index is 11.1. The second-order valence-electron chi connectivity index (χ2n) is 4.26. The minimum atomic E-state index is 0.0627. The molecule has 1 saturated heterocycles. The summed E-state index contributed by atoms with van der Waals surface area (Å²) in [7, 11) is 0. The van der Waals surface area contributed by atoms with Gasteiger partial charge in [0, 0.05) is 37.4 Å². The van der Waals surface area contributed by atoms with E-state index in [1.54, 1.807) is 13.1 Å². The molecule has 0 aromatic carbocycles. The molecule has 1 aromatic rings. The highest BCUT2D eigenvalue weighted by molar-refractivity contribution is 5.93. The third-order valence-electron chi connectivity index (χ3n) is 2.85. The van der Waals surface area contributed by atoms with E-state index in [-0.39, 0.29) is 5.78 Å². The number of Topliss-reactive ketones (excluding diaryl/α,β-unsaturated/α-hetero) is 1. The Bertz CT molecular complexity index is 374. The molecule has 16 heavy (non-hydrogen) atoms. The zero-order valence-corrected chi connectivity index (χ0v) is 9.73. The van der Waals surface area contributed by atoms with Crippen molar-refractivity contribution in [2.75, 3.05) is 24.5 Å². The molecule has 4 heteroatoms. The van der Waals surface area contributed by atoms with Gasteiger partial charge < -0.3 is 10.2 Å². The van der Waals surface area contributed by atoms with Crippen LogP contribution in [-0.4, -0.2) is 36.4 Å². The van der Waals surface area contributed by atoms with E-state index in [1.807, 2.05) is 12.1 Å². The molecule has 0 saturated carbocycles. The summed E-state index contributed by atoms with van der Waals surface area (Å²) < 4.78 is 0. The number of carbonyl (C=O) groups is 1. The van der Waals surface area contributed by atoms with E-state index >= 15 is 0 Å². The van der Waals surface area contributed by atoms with Crippen molar-refractivity contribution < 1.29 is 4.79 Å². The molecule has 0 amide bonds. The standard InChI is InChI=1S/C12H17N3O/c1-9-8-15(6-5-13-9)12-4-3-11(7-14-12)10(2)16/h3-4,7,9,13H,5-6,8H2,1-2H3. The molecule has 1 aromatic heterocycles. The Labute approximate surface area is 95.7 Å². The van der Waals surface area contributed by atoms with Gasteiger partial charge in [-0.15, -0.1) is 0 Å². The van der Waals surface area contributed by atoms with E-state index in [2.05, 4.69) is 22.1 Å². The molecule has 86 valence electrons.